The molecule has 1 nitrogen and oxygen atoms in total. The Morgan fingerprint density at radius 3 is 2.77 bits per heavy atom. The van der Waals surface area contributed by atoms with Crippen LogP contribution in [-0.2, 0) is 0 Å². The van der Waals surface area contributed by atoms with Crippen molar-refractivity contribution >= 4 is 34.3 Å². The molecule has 1 aromatic carbocycles. The first-order valence-electron chi connectivity index (χ1n) is 3.73. The third-order valence-electron chi connectivity index (χ3n) is 1.59. The highest BCUT2D eigenvalue weighted by molar-refractivity contribution is 9.09. The van der Waals surface area contributed by atoms with Gasteiger partial charge >= 0.3 is 0 Å². The lowest BCUT2D eigenvalue weighted by molar-refractivity contribution is 0.0989. The zero-order valence-electron chi connectivity index (χ0n) is 6.76. The number of carbonyl (C=O) groups is 1. The van der Waals surface area contributed by atoms with Crippen LogP contribution in [0.4, 0.5) is 4.39 Å². The van der Waals surface area contributed by atoms with Crippen molar-refractivity contribution in [3.05, 3.63) is 29.6 Å². The van der Waals surface area contributed by atoms with Crippen LogP contribution in [0, 0.1) is 5.82 Å². The Balaban J connectivity index is 2.90. The van der Waals surface area contributed by atoms with E-state index in [0.29, 0.717) is 17.3 Å². The van der Waals surface area contributed by atoms with Crippen molar-refractivity contribution < 1.29 is 9.18 Å². The highest BCUT2D eigenvalue weighted by atomic mass is 79.9. The predicted octanol–water partition coefficient (Wildman–Crippen LogP) is 3.08. The minimum Gasteiger partial charge on any atom is -0.294 e. The number of carbonyl (C=O) groups excluding carboxylic acids is 1. The molecular weight excluding hydrogens is 255 g/mol. The lowest BCUT2D eigenvalue weighted by atomic mass is 10.1. The molecule has 0 aromatic heterocycles. The molecule has 0 saturated heterocycles. The monoisotopic (exact) mass is 262 g/mol. The Labute approximate surface area is 89.9 Å². The summed E-state index contributed by atoms with van der Waals surface area (Å²) in [5.74, 6) is -0.411. The highest BCUT2D eigenvalue weighted by Crippen LogP contribution is 2.15. The van der Waals surface area contributed by atoms with Gasteiger partial charge in [-0.3, -0.25) is 4.79 Å². The van der Waals surface area contributed by atoms with Gasteiger partial charge in [0.15, 0.2) is 5.78 Å². The lowest BCUT2D eigenvalue weighted by Gasteiger charge is -2.00. The molecule has 1 aromatic rings. The van der Waals surface area contributed by atoms with Crippen LogP contribution in [0.5, 0.6) is 0 Å². The highest BCUT2D eigenvalue weighted by Gasteiger charge is 2.06. The Morgan fingerprint density at radius 2 is 2.23 bits per heavy atom. The number of rotatable bonds is 3. The largest absolute Gasteiger partial charge is 0.294 e. The normalized spacial score (nSPS) is 10.1. The number of ketones is 1. The van der Waals surface area contributed by atoms with Crippen LogP contribution in [0.2, 0.25) is 0 Å². The van der Waals surface area contributed by atoms with Crippen molar-refractivity contribution in [3.8, 4) is 0 Å². The minimum atomic E-state index is -0.404. The van der Waals surface area contributed by atoms with Crippen LogP contribution in [0.1, 0.15) is 16.8 Å². The fraction of sp³-hybridized carbons (Fsp3) is 0.222. The maximum atomic E-state index is 12.8. The van der Waals surface area contributed by atoms with Crippen molar-refractivity contribution in [1.29, 1.82) is 0 Å². The quantitative estimate of drug-likeness (QED) is 0.504. The van der Waals surface area contributed by atoms with Crippen molar-refractivity contribution in [1.82, 2.24) is 0 Å². The first kappa shape index (κ1) is 10.7. The maximum absolute atomic E-state index is 12.8. The fourth-order valence-corrected chi connectivity index (χ4v) is 1.49. The maximum Gasteiger partial charge on any atom is 0.163 e. The van der Waals surface area contributed by atoms with E-state index in [0.717, 1.165) is 0 Å². The molecular formula is C9H8BrFOS. The van der Waals surface area contributed by atoms with E-state index in [2.05, 4.69) is 28.6 Å². The molecule has 13 heavy (non-hydrogen) atoms. The van der Waals surface area contributed by atoms with Crippen LogP contribution in [0.25, 0.3) is 0 Å². The summed E-state index contributed by atoms with van der Waals surface area (Å²) in [5.41, 5.74) is 0.505. The topological polar surface area (TPSA) is 17.1 Å². The lowest BCUT2D eigenvalue weighted by Crippen LogP contribution is -1.99. The van der Waals surface area contributed by atoms with Crippen LogP contribution in [-0.4, -0.2) is 11.1 Å². The molecule has 0 unspecified atom stereocenters. The molecule has 0 aliphatic carbocycles. The van der Waals surface area contributed by atoms with Crippen molar-refractivity contribution in [3.63, 3.8) is 0 Å². The smallest absolute Gasteiger partial charge is 0.163 e. The second kappa shape index (κ2) is 4.77. The van der Waals surface area contributed by atoms with E-state index in [1.807, 2.05) is 0 Å². The molecule has 0 spiro atoms. The second-order valence-electron chi connectivity index (χ2n) is 2.53. The van der Waals surface area contributed by atoms with Gasteiger partial charge in [-0.05, 0) is 18.2 Å². The number of thiol groups is 1. The Hall–Kier alpha value is -0.350. The fourth-order valence-electron chi connectivity index (χ4n) is 0.916. The number of hydrogen-bond donors (Lipinski definition) is 1. The van der Waals surface area contributed by atoms with E-state index >= 15 is 0 Å². The number of hydrogen-bond acceptors (Lipinski definition) is 2. The van der Waals surface area contributed by atoms with Gasteiger partial charge in [0.1, 0.15) is 5.82 Å². The molecule has 0 bridgehead atoms. The SMILES string of the molecule is O=C(CCBr)c1ccc(F)c(S)c1. The average molecular weight is 263 g/mol. The average Bonchev–Trinajstić information content (AvgIpc) is 2.10. The first-order chi connectivity index (χ1) is 6.15. The molecule has 70 valence electrons. The Kier molecular flexibility index (Phi) is 3.93. The minimum absolute atomic E-state index is 0.00725. The van der Waals surface area contributed by atoms with Crippen molar-refractivity contribution in [2.45, 2.75) is 11.3 Å². The molecule has 0 radical (unpaired) electrons. The Morgan fingerprint density at radius 1 is 1.54 bits per heavy atom. The molecule has 0 saturated carbocycles. The summed E-state index contributed by atoms with van der Waals surface area (Å²) < 4.78 is 12.8. The van der Waals surface area contributed by atoms with E-state index in [1.165, 1.54) is 18.2 Å². The van der Waals surface area contributed by atoms with Gasteiger partial charge in [-0.2, -0.15) is 0 Å². The molecule has 1 rings (SSSR count). The van der Waals surface area contributed by atoms with E-state index < -0.39 is 5.82 Å². The number of benzene rings is 1. The van der Waals surface area contributed by atoms with Crippen molar-refractivity contribution in [2.75, 3.05) is 5.33 Å². The summed E-state index contributed by atoms with van der Waals surface area (Å²) in [7, 11) is 0. The summed E-state index contributed by atoms with van der Waals surface area (Å²) in [6.07, 6.45) is 0.416. The molecule has 0 aliphatic rings. The summed E-state index contributed by atoms with van der Waals surface area (Å²) in [5, 5.41) is 0.616. The van der Waals surface area contributed by atoms with Gasteiger partial charge in [0, 0.05) is 22.2 Å². The zero-order valence-corrected chi connectivity index (χ0v) is 9.24. The summed E-state index contributed by atoms with van der Waals surface area (Å²) in [4.78, 5) is 11.5. The van der Waals surface area contributed by atoms with Crippen LogP contribution >= 0.6 is 28.6 Å². The number of Topliss-reactive ketones (excluding diaryl/α,β-unsaturated/α-hetero) is 1. The number of alkyl halides is 1. The van der Waals surface area contributed by atoms with Gasteiger partial charge in [-0.1, -0.05) is 15.9 Å². The van der Waals surface area contributed by atoms with Gasteiger partial charge in [-0.25, -0.2) is 4.39 Å². The Bertz CT molecular complexity index is 327. The van der Waals surface area contributed by atoms with Crippen LogP contribution in [0.3, 0.4) is 0 Å². The summed E-state index contributed by atoms with van der Waals surface area (Å²) in [6, 6.07) is 4.17. The van der Waals surface area contributed by atoms with Gasteiger partial charge in [0.25, 0.3) is 0 Å². The summed E-state index contributed by atoms with van der Waals surface area (Å²) in [6.45, 7) is 0. The molecule has 0 fully saturated rings. The standard InChI is InChI=1S/C9H8BrFOS/c10-4-3-8(12)6-1-2-7(11)9(13)5-6/h1-2,5,13H,3-4H2. The summed E-state index contributed by atoms with van der Waals surface area (Å²) >= 11 is 7.06. The molecule has 0 aliphatic heterocycles. The molecule has 0 amide bonds. The van der Waals surface area contributed by atoms with Gasteiger partial charge in [0.05, 0.1) is 0 Å². The predicted molar refractivity (Wildman–Crippen MR) is 56.4 cm³/mol. The van der Waals surface area contributed by atoms with Gasteiger partial charge in [0.2, 0.25) is 0 Å². The number of halogens is 2. The molecule has 0 heterocycles. The van der Waals surface area contributed by atoms with E-state index in [-0.39, 0.29) is 10.7 Å². The second-order valence-corrected chi connectivity index (χ2v) is 3.80. The van der Waals surface area contributed by atoms with Gasteiger partial charge < -0.3 is 0 Å². The van der Waals surface area contributed by atoms with E-state index in [1.54, 1.807) is 0 Å². The van der Waals surface area contributed by atoms with Crippen LogP contribution in [0.15, 0.2) is 23.1 Å². The molecule has 0 N–H and O–H groups in total. The van der Waals surface area contributed by atoms with E-state index in [4.69, 9.17) is 0 Å². The van der Waals surface area contributed by atoms with Gasteiger partial charge in [-0.15, -0.1) is 12.6 Å². The zero-order chi connectivity index (χ0) is 9.84. The molecule has 0 atom stereocenters. The van der Waals surface area contributed by atoms with E-state index in [9.17, 15) is 9.18 Å². The first-order valence-corrected chi connectivity index (χ1v) is 5.29. The third kappa shape index (κ3) is 2.81. The third-order valence-corrected chi connectivity index (χ3v) is 2.33. The molecule has 4 heteroatoms. The van der Waals surface area contributed by atoms with Crippen molar-refractivity contribution in [2.24, 2.45) is 0 Å². The van der Waals surface area contributed by atoms with Crippen LogP contribution < -0.4 is 0 Å².